The molecule has 2 aliphatic rings. The first-order valence-electron chi connectivity index (χ1n) is 15.4. The predicted octanol–water partition coefficient (Wildman–Crippen LogP) is 9.05. The van der Waals surface area contributed by atoms with E-state index >= 15 is 0 Å². The Morgan fingerprint density at radius 1 is 1.07 bits per heavy atom. The molecule has 0 bridgehead atoms. The van der Waals surface area contributed by atoms with E-state index in [2.05, 4.69) is 34.2 Å². The average molecular weight is 724 g/mol. The van der Waals surface area contributed by atoms with Crippen molar-refractivity contribution >= 4 is 51.2 Å². The molecule has 4 aromatic rings. The van der Waals surface area contributed by atoms with Crippen LogP contribution in [0.25, 0.3) is 0 Å². The lowest BCUT2D eigenvalue weighted by atomic mass is 9.94. The van der Waals surface area contributed by atoms with E-state index in [1.807, 2.05) is 61.5 Å². The summed E-state index contributed by atoms with van der Waals surface area (Å²) in [5, 5.41) is 9.47. The monoisotopic (exact) mass is 722 g/mol. The minimum absolute atomic E-state index is 0.0976. The fourth-order valence-electron chi connectivity index (χ4n) is 5.88. The number of carbonyl (C=O) groups is 1. The van der Waals surface area contributed by atoms with Crippen molar-refractivity contribution in [2.75, 3.05) is 12.4 Å². The Kier molecular flexibility index (Phi) is 10.3. The standard InChI is InChI=1S/C35H36BrClN4O4S/c1-21-11-7-8-12-23(21)19-44-32-27(36)17-25(18-29(32)43-3)31-30(33(42)45-26-14-5-4-6-15-26)22(2)38-34-39-35(40-41(31)34)46-20-24-13-9-10-16-28(24)37/h7-13,16-18,26,31H,4-6,14-15,19-20H2,1-3H3,(H,38,39,40). The van der Waals surface area contributed by atoms with Gasteiger partial charge in [0, 0.05) is 16.5 Å². The van der Waals surface area contributed by atoms with Gasteiger partial charge in [-0.25, -0.2) is 9.48 Å². The van der Waals surface area contributed by atoms with Gasteiger partial charge in [-0.15, -0.1) is 5.10 Å². The van der Waals surface area contributed by atoms with Gasteiger partial charge in [-0.3, -0.25) is 0 Å². The molecule has 1 aromatic heterocycles. The molecule has 0 amide bonds. The van der Waals surface area contributed by atoms with E-state index < -0.39 is 6.04 Å². The summed E-state index contributed by atoms with van der Waals surface area (Å²) >= 11 is 11.6. The number of nitrogens with one attached hydrogen (secondary N) is 1. The molecule has 6 rings (SSSR count). The van der Waals surface area contributed by atoms with Gasteiger partial charge in [-0.1, -0.05) is 72.2 Å². The maximum absolute atomic E-state index is 14.0. The molecule has 1 aliphatic carbocycles. The first-order valence-corrected chi connectivity index (χ1v) is 17.5. The van der Waals surface area contributed by atoms with E-state index in [9.17, 15) is 4.79 Å². The number of ether oxygens (including phenoxy) is 3. The number of nitrogens with zero attached hydrogens (tertiary/aromatic N) is 3. The van der Waals surface area contributed by atoms with Crippen LogP contribution in [0.2, 0.25) is 5.02 Å². The van der Waals surface area contributed by atoms with Gasteiger partial charge in [0.1, 0.15) is 18.8 Å². The first kappa shape index (κ1) is 32.5. The molecule has 8 nitrogen and oxygen atoms in total. The van der Waals surface area contributed by atoms with Gasteiger partial charge in [-0.05, 0) is 95.9 Å². The maximum Gasteiger partial charge on any atom is 0.338 e. The molecule has 2 heterocycles. The SMILES string of the molecule is COc1cc(C2C(C(=O)OC3CCCCC3)=C(C)Nc3nc(SCc4ccccc4Cl)nn32)cc(Br)c1OCc1ccccc1C. The van der Waals surface area contributed by atoms with E-state index in [0.717, 1.165) is 47.9 Å². The predicted molar refractivity (Wildman–Crippen MR) is 185 cm³/mol. The number of aryl methyl sites for hydroxylation is 1. The molecule has 1 unspecified atom stereocenters. The van der Waals surface area contributed by atoms with Gasteiger partial charge >= 0.3 is 5.97 Å². The molecule has 0 saturated heterocycles. The highest BCUT2D eigenvalue weighted by Crippen LogP contribution is 2.44. The minimum Gasteiger partial charge on any atom is -0.493 e. The molecule has 1 saturated carbocycles. The van der Waals surface area contributed by atoms with Gasteiger partial charge in [0.25, 0.3) is 0 Å². The second-order valence-corrected chi connectivity index (χ2v) is 13.7. The third kappa shape index (κ3) is 7.09. The Morgan fingerprint density at radius 2 is 1.80 bits per heavy atom. The zero-order valence-corrected chi connectivity index (χ0v) is 29.2. The number of thioether (sulfide) groups is 1. The first-order chi connectivity index (χ1) is 22.3. The van der Waals surface area contributed by atoms with Crippen molar-refractivity contribution in [3.63, 3.8) is 0 Å². The Labute approximate surface area is 287 Å². The Bertz CT molecular complexity index is 1770. The number of esters is 1. The molecule has 0 radical (unpaired) electrons. The summed E-state index contributed by atoms with van der Waals surface area (Å²) in [6.45, 7) is 4.32. The van der Waals surface area contributed by atoms with E-state index in [-0.39, 0.29) is 12.1 Å². The van der Waals surface area contributed by atoms with Crippen molar-refractivity contribution in [3.8, 4) is 11.5 Å². The number of carbonyl (C=O) groups excluding carboxylic acids is 1. The molecule has 11 heteroatoms. The van der Waals surface area contributed by atoms with Crippen LogP contribution in [-0.2, 0) is 21.9 Å². The number of allylic oxidation sites excluding steroid dienone is 1. The largest absolute Gasteiger partial charge is 0.493 e. The van der Waals surface area contributed by atoms with Crippen LogP contribution in [0.5, 0.6) is 11.5 Å². The lowest BCUT2D eigenvalue weighted by Crippen LogP contribution is -2.32. The van der Waals surface area contributed by atoms with Crippen molar-refractivity contribution in [2.45, 2.75) is 75.6 Å². The van der Waals surface area contributed by atoms with Crippen molar-refractivity contribution in [2.24, 2.45) is 0 Å². The van der Waals surface area contributed by atoms with Gasteiger partial charge in [0.15, 0.2) is 11.5 Å². The number of fused-ring (bicyclic) bond motifs is 1. The van der Waals surface area contributed by atoms with Crippen LogP contribution < -0.4 is 14.8 Å². The van der Waals surface area contributed by atoms with Crippen LogP contribution in [0.4, 0.5) is 5.95 Å². The average Bonchev–Trinajstić information content (AvgIpc) is 3.46. The number of hydrogen-bond donors (Lipinski definition) is 1. The number of aromatic nitrogens is 3. The van der Waals surface area contributed by atoms with Crippen molar-refractivity contribution in [1.29, 1.82) is 0 Å². The molecule has 1 N–H and O–H groups in total. The highest BCUT2D eigenvalue weighted by Gasteiger charge is 2.37. The molecule has 0 spiro atoms. The van der Waals surface area contributed by atoms with Gasteiger partial charge in [-0.2, -0.15) is 4.98 Å². The molecule has 46 heavy (non-hydrogen) atoms. The number of rotatable bonds is 10. The molecule has 240 valence electrons. The number of methoxy groups -OCH3 is 1. The van der Waals surface area contributed by atoms with E-state index in [1.165, 1.54) is 18.2 Å². The normalized spacial score (nSPS) is 16.5. The number of anilines is 1. The quantitative estimate of drug-likeness (QED) is 0.128. The summed E-state index contributed by atoms with van der Waals surface area (Å²) < 4.78 is 20.7. The zero-order chi connectivity index (χ0) is 32.2. The third-order valence-electron chi connectivity index (χ3n) is 8.39. The summed E-state index contributed by atoms with van der Waals surface area (Å²) in [6.07, 6.45) is 4.94. The summed E-state index contributed by atoms with van der Waals surface area (Å²) in [5.41, 5.74) is 5.15. The van der Waals surface area contributed by atoms with Crippen molar-refractivity contribution in [1.82, 2.24) is 14.8 Å². The zero-order valence-electron chi connectivity index (χ0n) is 26.0. The minimum atomic E-state index is -0.620. The number of benzene rings is 3. The Hall–Kier alpha value is -3.47. The van der Waals surface area contributed by atoms with Gasteiger partial charge in [0.05, 0.1) is 17.2 Å². The third-order valence-corrected chi connectivity index (χ3v) is 10.2. The summed E-state index contributed by atoms with van der Waals surface area (Å²) in [5.74, 6) is 1.88. The lowest BCUT2D eigenvalue weighted by molar-refractivity contribution is -0.146. The smallest absolute Gasteiger partial charge is 0.338 e. The second kappa shape index (κ2) is 14.5. The highest BCUT2D eigenvalue weighted by atomic mass is 79.9. The molecule has 3 aromatic carbocycles. The topological polar surface area (TPSA) is 87.5 Å². The van der Waals surface area contributed by atoms with Crippen LogP contribution in [0, 0.1) is 6.92 Å². The van der Waals surface area contributed by atoms with E-state index in [0.29, 0.717) is 55.7 Å². The van der Waals surface area contributed by atoms with Gasteiger partial charge < -0.3 is 19.5 Å². The van der Waals surface area contributed by atoms with Crippen LogP contribution in [0.3, 0.4) is 0 Å². The fourth-order valence-corrected chi connectivity index (χ4v) is 7.57. The number of hydrogen-bond acceptors (Lipinski definition) is 8. The number of halogens is 2. The molecular formula is C35H36BrClN4O4S. The molecule has 1 aliphatic heterocycles. The summed E-state index contributed by atoms with van der Waals surface area (Å²) in [7, 11) is 1.61. The summed E-state index contributed by atoms with van der Waals surface area (Å²) in [4.78, 5) is 18.7. The molecule has 1 atom stereocenters. The Balaban J connectivity index is 1.35. The van der Waals surface area contributed by atoms with Crippen LogP contribution in [0.1, 0.15) is 67.3 Å². The van der Waals surface area contributed by atoms with Crippen molar-refractivity contribution < 1.29 is 19.0 Å². The van der Waals surface area contributed by atoms with E-state index in [4.69, 9.17) is 35.9 Å². The van der Waals surface area contributed by atoms with Crippen LogP contribution >= 0.6 is 39.3 Å². The Morgan fingerprint density at radius 3 is 2.54 bits per heavy atom. The van der Waals surface area contributed by atoms with E-state index in [1.54, 1.807) is 11.8 Å². The van der Waals surface area contributed by atoms with Gasteiger partial charge in [0.2, 0.25) is 11.1 Å². The lowest BCUT2D eigenvalue weighted by Gasteiger charge is -2.30. The second-order valence-electron chi connectivity index (χ2n) is 11.5. The molecular weight excluding hydrogens is 688 g/mol. The van der Waals surface area contributed by atoms with Crippen LogP contribution in [0.15, 0.2) is 81.6 Å². The summed E-state index contributed by atoms with van der Waals surface area (Å²) in [6, 6.07) is 19.1. The fraction of sp³-hybridized carbons (Fsp3) is 0.343. The maximum atomic E-state index is 14.0. The van der Waals surface area contributed by atoms with Crippen LogP contribution in [-0.4, -0.2) is 33.9 Å². The highest BCUT2D eigenvalue weighted by molar-refractivity contribution is 9.10. The molecule has 1 fully saturated rings. The van der Waals surface area contributed by atoms with Crippen molar-refractivity contribution in [3.05, 3.63) is 104 Å².